The zero-order chi connectivity index (χ0) is 13.7. The summed E-state index contributed by atoms with van der Waals surface area (Å²) in [6.07, 6.45) is 1.77. The van der Waals surface area contributed by atoms with Gasteiger partial charge in [0, 0.05) is 29.3 Å². The normalized spacial score (nSPS) is 10.5. The van der Waals surface area contributed by atoms with Gasteiger partial charge >= 0.3 is 0 Å². The number of halogens is 1. The summed E-state index contributed by atoms with van der Waals surface area (Å²) in [6, 6.07) is 12.2. The first-order valence-electron chi connectivity index (χ1n) is 6.28. The molecule has 0 bridgehead atoms. The first-order chi connectivity index (χ1) is 9.24. The molecule has 0 aliphatic carbocycles. The maximum Gasteiger partial charge on any atom is 0.134 e. The Bertz CT molecular complexity index is 531. The molecule has 2 rings (SSSR count). The molecule has 1 N–H and O–H groups in total. The average Bonchev–Trinajstić information content (AvgIpc) is 2.46. The van der Waals surface area contributed by atoms with Crippen LogP contribution in [0, 0.1) is 0 Å². The molecule has 0 amide bonds. The number of pyridine rings is 1. The Balaban J connectivity index is 2.27. The van der Waals surface area contributed by atoms with Crippen molar-refractivity contribution in [3.63, 3.8) is 0 Å². The van der Waals surface area contributed by atoms with Crippen LogP contribution in [0.3, 0.4) is 0 Å². The second-order valence-corrected chi connectivity index (χ2v) is 5.21. The summed E-state index contributed by atoms with van der Waals surface area (Å²) < 4.78 is 0.885. The maximum atomic E-state index is 9.47. The molecule has 2 aromatic rings. The number of hydrogen-bond acceptors (Lipinski definition) is 3. The van der Waals surface area contributed by atoms with E-state index in [1.165, 1.54) is 5.56 Å². The summed E-state index contributed by atoms with van der Waals surface area (Å²) in [5.74, 6) is 0.844. The van der Waals surface area contributed by atoms with Crippen LogP contribution in [0.5, 0.6) is 0 Å². The standard InChI is InChI=1S/C15H17BrN2O/c1-2-18(10-12-6-4-3-5-7-12)15-13(11-19)8-14(16)9-17-15/h3-9,19H,2,10-11H2,1H3. The Labute approximate surface area is 122 Å². The van der Waals surface area contributed by atoms with Gasteiger partial charge in [0.15, 0.2) is 0 Å². The van der Waals surface area contributed by atoms with Gasteiger partial charge in [-0.15, -0.1) is 0 Å². The van der Waals surface area contributed by atoms with Gasteiger partial charge in [0.1, 0.15) is 5.82 Å². The molecule has 1 aromatic carbocycles. The molecule has 0 aliphatic rings. The molecule has 0 atom stereocenters. The van der Waals surface area contributed by atoms with Crippen LogP contribution < -0.4 is 4.90 Å². The SMILES string of the molecule is CCN(Cc1ccccc1)c1ncc(Br)cc1CO. The smallest absolute Gasteiger partial charge is 0.134 e. The number of aliphatic hydroxyl groups excluding tert-OH is 1. The summed E-state index contributed by atoms with van der Waals surface area (Å²) in [5, 5.41) is 9.47. The fraction of sp³-hybridized carbons (Fsp3) is 0.267. The summed E-state index contributed by atoms with van der Waals surface area (Å²) >= 11 is 3.38. The van der Waals surface area contributed by atoms with Crippen LogP contribution in [-0.4, -0.2) is 16.6 Å². The van der Waals surface area contributed by atoms with Gasteiger partial charge in [-0.05, 0) is 34.5 Å². The van der Waals surface area contributed by atoms with Crippen LogP contribution in [0.25, 0.3) is 0 Å². The molecule has 100 valence electrons. The zero-order valence-corrected chi connectivity index (χ0v) is 12.5. The third kappa shape index (κ3) is 3.55. The molecule has 0 fully saturated rings. The van der Waals surface area contributed by atoms with E-state index in [4.69, 9.17) is 0 Å². The third-order valence-electron chi connectivity index (χ3n) is 2.98. The second kappa shape index (κ2) is 6.68. The predicted molar refractivity (Wildman–Crippen MR) is 81.0 cm³/mol. The molecule has 3 nitrogen and oxygen atoms in total. The monoisotopic (exact) mass is 320 g/mol. The van der Waals surface area contributed by atoms with Gasteiger partial charge in [-0.1, -0.05) is 30.3 Å². The summed E-state index contributed by atoms with van der Waals surface area (Å²) in [4.78, 5) is 6.60. The molecule has 1 aromatic heterocycles. The molecular formula is C15H17BrN2O. The molecule has 1 heterocycles. The fourth-order valence-corrected chi connectivity index (χ4v) is 2.39. The molecule has 0 aliphatic heterocycles. The van der Waals surface area contributed by atoms with Gasteiger partial charge in [0.2, 0.25) is 0 Å². The van der Waals surface area contributed by atoms with E-state index in [0.29, 0.717) is 0 Å². The van der Waals surface area contributed by atoms with Gasteiger partial charge in [-0.2, -0.15) is 0 Å². The van der Waals surface area contributed by atoms with Crippen molar-refractivity contribution in [2.75, 3.05) is 11.4 Å². The highest BCUT2D eigenvalue weighted by Gasteiger charge is 2.12. The Hall–Kier alpha value is -1.39. The minimum atomic E-state index is -0.00688. The number of hydrogen-bond donors (Lipinski definition) is 1. The lowest BCUT2D eigenvalue weighted by Crippen LogP contribution is -2.24. The molecule has 0 unspecified atom stereocenters. The van der Waals surface area contributed by atoms with Crippen LogP contribution in [0.1, 0.15) is 18.1 Å². The van der Waals surface area contributed by atoms with E-state index >= 15 is 0 Å². The van der Waals surface area contributed by atoms with Crippen molar-refractivity contribution < 1.29 is 5.11 Å². The highest BCUT2D eigenvalue weighted by Crippen LogP contribution is 2.23. The summed E-state index contributed by atoms with van der Waals surface area (Å²) in [7, 11) is 0. The first kappa shape index (κ1) is 14.0. The van der Waals surface area contributed by atoms with E-state index in [0.717, 1.165) is 28.9 Å². The molecular weight excluding hydrogens is 304 g/mol. The Kier molecular flexibility index (Phi) is 4.93. The lowest BCUT2D eigenvalue weighted by molar-refractivity contribution is 0.281. The molecule has 0 radical (unpaired) electrons. The number of aliphatic hydroxyl groups is 1. The van der Waals surface area contributed by atoms with Gasteiger partial charge in [-0.25, -0.2) is 4.98 Å². The largest absolute Gasteiger partial charge is 0.392 e. The van der Waals surface area contributed by atoms with Crippen molar-refractivity contribution in [1.29, 1.82) is 0 Å². The van der Waals surface area contributed by atoms with Gasteiger partial charge in [0.25, 0.3) is 0 Å². The van der Waals surface area contributed by atoms with Crippen molar-refractivity contribution in [3.8, 4) is 0 Å². The van der Waals surface area contributed by atoms with E-state index in [-0.39, 0.29) is 6.61 Å². The lowest BCUT2D eigenvalue weighted by Gasteiger charge is -2.24. The summed E-state index contributed by atoms with van der Waals surface area (Å²) in [6.45, 7) is 3.72. The van der Waals surface area contributed by atoms with Crippen LogP contribution >= 0.6 is 15.9 Å². The minimum Gasteiger partial charge on any atom is -0.392 e. The van der Waals surface area contributed by atoms with Crippen LogP contribution in [0.4, 0.5) is 5.82 Å². The van der Waals surface area contributed by atoms with Crippen molar-refractivity contribution in [2.45, 2.75) is 20.1 Å². The molecule has 0 saturated carbocycles. The van der Waals surface area contributed by atoms with Gasteiger partial charge in [-0.3, -0.25) is 0 Å². The van der Waals surface area contributed by atoms with Crippen LogP contribution in [-0.2, 0) is 13.2 Å². The van der Waals surface area contributed by atoms with E-state index in [1.807, 2.05) is 24.3 Å². The molecule has 0 spiro atoms. The molecule has 0 saturated heterocycles. The van der Waals surface area contributed by atoms with Crippen molar-refractivity contribution >= 4 is 21.7 Å². The number of nitrogens with zero attached hydrogens (tertiary/aromatic N) is 2. The Morgan fingerprint density at radius 2 is 2.00 bits per heavy atom. The van der Waals surface area contributed by atoms with E-state index in [1.54, 1.807) is 6.20 Å². The van der Waals surface area contributed by atoms with E-state index in [2.05, 4.69) is 44.9 Å². The Morgan fingerprint density at radius 1 is 1.26 bits per heavy atom. The highest BCUT2D eigenvalue weighted by atomic mass is 79.9. The van der Waals surface area contributed by atoms with Crippen molar-refractivity contribution in [2.24, 2.45) is 0 Å². The van der Waals surface area contributed by atoms with Gasteiger partial charge in [0.05, 0.1) is 6.61 Å². The predicted octanol–water partition coefficient (Wildman–Crippen LogP) is 3.36. The van der Waals surface area contributed by atoms with Crippen molar-refractivity contribution in [1.82, 2.24) is 4.98 Å². The maximum absolute atomic E-state index is 9.47. The third-order valence-corrected chi connectivity index (χ3v) is 3.41. The highest BCUT2D eigenvalue weighted by molar-refractivity contribution is 9.10. The van der Waals surface area contributed by atoms with Crippen molar-refractivity contribution in [3.05, 3.63) is 58.2 Å². The van der Waals surface area contributed by atoms with E-state index < -0.39 is 0 Å². The Morgan fingerprint density at radius 3 is 2.63 bits per heavy atom. The van der Waals surface area contributed by atoms with Gasteiger partial charge < -0.3 is 10.0 Å². The summed E-state index contributed by atoms with van der Waals surface area (Å²) in [5.41, 5.74) is 2.07. The van der Waals surface area contributed by atoms with E-state index in [9.17, 15) is 5.11 Å². The quantitative estimate of drug-likeness (QED) is 0.917. The number of aromatic nitrogens is 1. The minimum absolute atomic E-state index is 0.00688. The topological polar surface area (TPSA) is 36.4 Å². The molecule has 4 heteroatoms. The molecule has 19 heavy (non-hydrogen) atoms. The lowest BCUT2D eigenvalue weighted by atomic mass is 10.2. The first-order valence-corrected chi connectivity index (χ1v) is 7.08. The number of benzene rings is 1. The number of rotatable bonds is 5. The van der Waals surface area contributed by atoms with Crippen LogP contribution in [0.15, 0.2) is 47.1 Å². The number of anilines is 1. The van der Waals surface area contributed by atoms with Crippen LogP contribution in [0.2, 0.25) is 0 Å². The average molecular weight is 321 g/mol. The zero-order valence-electron chi connectivity index (χ0n) is 10.9. The fourth-order valence-electron chi connectivity index (χ4n) is 2.02. The second-order valence-electron chi connectivity index (χ2n) is 4.29.